The van der Waals surface area contributed by atoms with Crippen molar-refractivity contribution in [3.8, 4) is 17.0 Å². The molecule has 6 heteroatoms. The molecule has 0 aliphatic carbocycles. The van der Waals surface area contributed by atoms with Gasteiger partial charge in [-0.05, 0) is 44.0 Å². The first-order valence-electron chi connectivity index (χ1n) is 11.3. The summed E-state index contributed by atoms with van der Waals surface area (Å²) >= 11 is 0. The van der Waals surface area contributed by atoms with Crippen LogP contribution in [0.1, 0.15) is 46.5 Å². The number of benzene rings is 2. The van der Waals surface area contributed by atoms with Crippen LogP contribution in [0.3, 0.4) is 0 Å². The molecule has 1 heterocycles. The minimum atomic E-state index is -0.188. The Bertz CT molecular complexity index is 1030. The standard InChI is InChI=1S/C25H34N4O2/c1-4-7-14-27-25(30)28-19-11-9-10-18(16-19)24-23(26)21-13-12-20(31-6-3)17-22(21)29(24)15-8-5-2/h9-13,16-17H,4-8,14-15,26H2,1-3H3,(H2,27,28,30). The highest BCUT2D eigenvalue weighted by Crippen LogP contribution is 2.38. The van der Waals surface area contributed by atoms with Gasteiger partial charge in [0, 0.05) is 35.8 Å². The van der Waals surface area contributed by atoms with Crippen molar-refractivity contribution in [2.24, 2.45) is 0 Å². The molecule has 0 saturated carbocycles. The molecule has 0 radical (unpaired) electrons. The van der Waals surface area contributed by atoms with Crippen molar-refractivity contribution in [1.82, 2.24) is 9.88 Å². The minimum Gasteiger partial charge on any atom is -0.494 e. The van der Waals surface area contributed by atoms with Gasteiger partial charge in [0.2, 0.25) is 0 Å². The lowest BCUT2D eigenvalue weighted by Crippen LogP contribution is -2.29. The Morgan fingerprint density at radius 3 is 2.61 bits per heavy atom. The highest BCUT2D eigenvalue weighted by atomic mass is 16.5. The van der Waals surface area contributed by atoms with Gasteiger partial charge in [-0.2, -0.15) is 0 Å². The Balaban J connectivity index is 1.99. The zero-order chi connectivity index (χ0) is 22.2. The largest absolute Gasteiger partial charge is 0.494 e. The maximum atomic E-state index is 12.2. The molecule has 166 valence electrons. The zero-order valence-electron chi connectivity index (χ0n) is 18.8. The fourth-order valence-electron chi connectivity index (χ4n) is 3.77. The highest BCUT2D eigenvalue weighted by Gasteiger charge is 2.18. The van der Waals surface area contributed by atoms with Crippen LogP contribution in [0.25, 0.3) is 22.2 Å². The third-order valence-electron chi connectivity index (χ3n) is 5.33. The van der Waals surface area contributed by atoms with E-state index in [0.29, 0.717) is 13.2 Å². The van der Waals surface area contributed by atoms with Gasteiger partial charge in [-0.3, -0.25) is 0 Å². The molecule has 3 aromatic rings. The lowest BCUT2D eigenvalue weighted by molar-refractivity contribution is 0.252. The number of ether oxygens (including phenoxy) is 1. The number of hydrogen-bond acceptors (Lipinski definition) is 3. The van der Waals surface area contributed by atoms with Crippen LogP contribution in [0.4, 0.5) is 16.2 Å². The summed E-state index contributed by atoms with van der Waals surface area (Å²) in [7, 11) is 0. The summed E-state index contributed by atoms with van der Waals surface area (Å²) in [4.78, 5) is 12.2. The molecule has 6 nitrogen and oxygen atoms in total. The quantitative estimate of drug-likeness (QED) is 0.350. The number of nitrogens with two attached hydrogens (primary N) is 1. The maximum Gasteiger partial charge on any atom is 0.319 e. The summed E-state index contributed by atoms with van der Waals surface area (Å²) in [6, 6.07) is 13.7. The summed E-state index contributed by atoms with van der Waals surface area (Å²) in [5.41, 5.74) is 11.2. The van der Waals surface area contributed by atoms with Crippen LogP contribution < -0.4 is 21.1 Å². The summed E-state index contributed by atoms with van der Waals surface area (Å²) in [6.45, 7) is 8.42. The molecule has 0 saturated heterocycles. The predicted molar refractivity (Wildman–Crippen MR) is 130 cm³/mol. The maximum absolute atomic E-state index is 12.2. The normalized spacial score (nSPS) is 10.9. The van der Waals surface area contributed by atoms with E-state index >= 15 is 0 Å². The van der Waals surface area contributed by atoms with Gasteiger partial charge in [0.25, 0.3) is 0 Å². The van der Waals surface area contributed by atoms with Crippen LogP contribution in [0.2, 0.25) is 0 Å². The first-order chi connectivity index (χ1) is 15.1. The summed E-state index contributed by atoms with van der Waals surface area (Å²) < 4.78 is 8.00. The van der Waals surface area contributed by atoms with Crippen molar-refractivity contribution in [3.63, 3.8) is 0 Å². The van der Waals surface area contributed by atoms with Crippen LogP contribution in [0.15, 0.2) is 42.5 Å². The van der Waals surface area contributed by atoms with Gasteiger partial charge in [0.05, 0.1) is 23.5 Å². The van der Waals surface area contributed by atoms with E-state index in [-0.39, 0.29) is 6.03 Å². The molecule has 0 fully saturated rings. The number of fused-ring (bicyclic) bond motifs is 1. The average molecular weight is 423 g/mol. The predicted octanol–water partition coefficient (Wildman–Crippen LogP) is 6.01. The molecule has 2 amide bonds. The molecule has 1 aromatic heterocycles. The number of nitrogens with zero attached hydrogens (tertiary/aromatic N) is 1. The third kappa shape index (κ3) is 5.32. The number of unbranched alkanes of at least 4 members (excludes halogenated alkanes) is 2. The number of nitrogen functional groups attached to an aromatic ring is 1. The number of rotatable bonds is 10. The van der Waals surface area contributed by atoms with Crippen molar-refractivity contribution < 1.29 is 9.53 Å². The van der Waals surface area contributed by atoms with E-state index in [1.165, 1.54) is 0 Å². The van der Waals surface area contributed by atoms with Crippen molar-refractivity contribution in [3.05, 3.63) is 42.5 Å². The number of aromatic nitrogens is 1. The Hall–Kier alpha value is -3.15. The second-order valence-electron chi connectivity index (χ2n) is 7.69. The van der Waals surface area contributed by atoms with Crippen LogP contribution in [-0.2, 0) is 6.54 Å². The topological polar surface area (TPSA) is 81.3 Å². The highest BCUT2D eigenvalue weighted by molar-refractivity contribution is 6.02. The second-order valence-corrected chi connectivity index (χ2v) is 7.69. The monoisotopic (exact) mass is 422 g/mol. The first kappa shape index (κ1) is 22.5. The van der Waals surface area contributed by atoms with E-state index in [9.17, 15) is 4.79 Å². The van der Waals surface area contributed by atoms with Gasteiger partial charge in [-0.15, -0.1) is 0 Å². The Labute approximate surface area is 184 Å². The third-order valence-corrected chi connectivity index (χ3v) is 5.33. The second kappa shape index (κ2) is 10.8. The smallest absolute Gasteiger partial charge is 0.319 e. The van der Waals surface area contributed by atoms with E-state index in [1.54, 1.807) is 0 Å². The molecule has 31 heavy (non-hydrogen) atoms. The fraction of sp³-hybridized carbons (Fsp3) is 0.400. The van der Waals surface area contributed by atoms with Crippen molar-refractivity contribution in [2.45, 2.75) is 53.0 Å². The van der Waals surface area contributed by atoms with Gasteiger partial charge in [-0.25, -0.2) is 4.79 Å². The molecule has 0 aliphatic heterocycles. The number of aryl methyl sites for hydroxylation is 1. The Kier molecular flexibility index (Phi) is 7.82. The van der Waals surface area contributed by atoms with Gasteiger partial charge in [0.1, 0.15) is 5.75 Å². The van der Waals surface area contributed by atoms with E-state index in [0.717, 1.165) is 71.5 Å². The molecule has 0 aliphatic rings. The first-order valence-corrected chi connectivity index (χ1v) is 11.3. The van der Waals surface area contributed by atoms with Gasteiger partial charge >= 0.3 is 6.03 Å². The SMILES string of the molecule is CCCCNC(=O)Nc1cccc(-c2c(N)c3ccc(OCC)cc3n2CCCC)c1. The number of urea groups is 1. The van der Waals surface area contributed by atoms with Crippen LogP contribution in [-0.4, -0.2) is 23.7 Å². The van der Waals surface area contributed by atoms with Crippen LogP contribution >= 0.6 is 0 Å². The van der Waals surface area contributed by atoms with Crippen molar-refractivity contribution in [2.75, 3.05) is 24.2 Å². The molecular formula is C25H34N4O2. The van der Waals surface area contributed by atoms with Gasteiger partial charge in [-0.1, -0.05) is 38.8 Å². The minimum absolute atomic E-state index is 0.188. The number of carbonyl (C=O) groups excluding carboxylic acids is 1. The summed E-state index contributed by atoms with van der Waals surface area (Å²) in [6.07, 6.45) is 4.14. The van der Waals surface area contributed by atoms with E-state index in [4.69, 9.17) is 10.5 Å². The van der Waals surface area contributed by atoms with Crippen molar-refractivity contribution >= 4 is 28.3 Å². The van der Waals surface area contributed by atoms with E-state index < -0.39 is 0 Å². The number of carbonyl (C=O) groups is 1. The van der Waals surface area contributed by atoms with E-state index in [2.05, 4.69) is 35.1 Å². The number of hydrogen-bond donors (Lipinski definition) is 3. The molecule has 0 unspecified atom stereocenters. The Morgan fingerprint density at radius 1 is 1.06 bits per heavy atom. The molecule has 4 N–H and O–H groups in total. The lowest BCUT2D eigenvalue weighted by Gasteiger charge is -2.13. The molecule has 0 spiro atoms. The van der Waals surface area contributed by atoms with Crippen LogP contribution in [0, 0.1) is 0 Å². The number of anilines is 2. The van der Waals surface area contributed by atoms with Gasteiger partial charge in [0.15, 0.2) is 0 Å². The van der Waals surface area contributed by atoms with Crippen molar-refractivity contribution in [1.29, 1.82) is 0 Å². The Morgan fingerprint density at radius 2 is 1.87 bits per heavy atom. The molecule has 2 aromatic carbocycles. The number of nitrogens with one attached hydrogen (secondary N) is 2. The molecule has 0 bridgehead atoms. The molecular weight excluding hydrogens is 388 g/mol. The molecule has 0 atom stereocenters. The van der Waals surface area contributed by atoms with Gasteiger partial charge < -0.3 is 25.7 Å². The summed E-state index contributed by atoms with van der Waals surface area (Å²) in [5, 5.41) is 6.84. The fourth-order valence-corrected chi connectivity index (χ4v) is 3.77. The van der Waals surface area contributed by atoms with E-state index in [1.807, 2.05) is 43.3 Å². The van der Waals surface area contributed by atoms with Crippen LogP contribution in [0.5, 0.6) is 5.75 Å². The average Bonchev–Trinajstić information content (AvgIpc) is 3.04. The lowest BCUT2D eigenvalue weighted by atomic mass is 10.1. The number of amides is 2. The molecule has 3 rings (SSSR count). The zero-order valence-corrected chi connectivity index (χ0v) is 18.8. The summed E-state index contributed by atoms with van der Waals surface area (Å²) in [5.74, 6) is 0.843.